The van der Waals surface area contributed by atoms with E-state index in [1.165, 1.54) is 32.1 Å². The Labute approximate surface area is 215 Å². The maximum Gasteiger partial charge on any atom is 0.407 e. The van der Waals surface area contributed by atoms with Gasteiger partial charge in [-0.2, -0.15) is 9.78 Å². The molecule has 2 amide bonds. The van der Waals surface area contributed by atoms with Gasteiger partial charge in [0.25, 0.3) is 0 Å². The predicted molar refractivity (Wildman–Crippen MR) is 131 cm³/mol. The number of ether oxygens (including phenoxy) is 2. The number of amides is 2. The number of carbonyl (C=O) groups is 2. The first-order chi connectivity index (χ1) is 17.1. The molecule has 202 valence electrons. The lowest BCUT2D eigenvalue weighted by molar-refractivity contribution is -0.390. The molecule has 0 radical (unpaired) electrons. The zero-order valence-electron chi connectivity index (χ0n) is 22.3. The molecular formula is C28H44N2O6. The van der Waals surface area contributed by atoms with Gasteiger partial charge in [0.15, 0.2) is 0 Å². The van der Waals surface area contributed by atoms with Crippen LogP contribution in [0.4, 0.5) is 4.79 Å². The van der Waals surface area contributed by atoms with Gasteiger partial charge in [0.05, 0.1) is 0 Å². The molecule has 2 spiro atoms. The summed E-state index contributed by atoms with van der Waals surface area (Å²) in [6.07, 6.45) is 11.5. The van der Waals surface area contributed by atoms with Gasteiger partial charge in [-0.3, -0.25) is 4.79 Å². The van der Waals surface area contributed by atoms with Gasteiger partial charge in [-0.15, -0.1) is 0 Å². The maximum absolute atomic E-state index is 13.2. The van der Waals surface area contributed by atoms with E-state index in [2.05, 4.69) is 5.32 Å². The van der Waals surface area contributed by atoms with Gasteiger partial charge in [-0.1, -0.05) is 0 Å². The lowest BCUT2D eigenvalue weighted by atomic mass is 9.53. The molecule has 7 fully saturated rings. The number of alkyl carbamates (subject to hydrolysis) is 1. The minimum Gasteiger partial charge on any atom is -0.444 e. The molecule has 8 heteroatoms. The van der Waals surface area contributed by atoms with Crippen molar-refractivity contribution >= 4 is 12.0 Å². The Bertz CT molecular complexity index is 835. The summed E-state index contributed by atoms with van der Waals surface area (Å²) in [5.74, 6) is 1.86. The molecule has 2 heterocycles. The molecule has 5 aliphatic carbocycles. The van der Waals surface area contributed by atoms with Crippen molar-refractivity contribution in [2.24, 2.45) is 29.6 Å². The van der Waals surface area contributed by atoms with E-state index in [9.17, 15) is 9.59 Å². The molecule has 5 saturated carbocycles. The second kappa shape index (κ2) is 9.12. The van der Waals surface area contributed by atoms with Crippen LogP contribution in [-0.4, -0.2) is 53.2 Å². The summed E-state index contributed by atoms with van der Waals surface area (Å²) in [6, 6.07) is 0.0523. The van der Waals surface area contributed by atoms with Gasteiger partial charge in [0.1, 0.15) is 5.60 Å². The third-order valence-electron chi connectivity index (χ3n) is 9.75. The third-order valence-corrected chi connectivity index (χ3v) is 9.75. The summed E-state index contributed by atoms with van der Waals surface area (Å²) in [5.41, 5.74) is -0.508. The molecule has 0 aromatic carbocycles. The Kier molecular flexibility index (Phi) is 6.32. The SMILES string of the molecule is CC(C)(C)OC(=O)NC1CCN(C(=O)C[C@@H]2CCC[C@]3(C2)OOC2(O3)C3CC4CC(C3)CC2C4)CC1. The molecule has 4 bridgehead atoms. The lowest BCUT2D eigenvalue weighted by Gasteiger charge is -2.57. The van der Waals surface area contributed by atoms with E-state index in [0.717, 1.165) is 50.4 Å². The van der Waals surface area contributed by atoms with Gasteiger partial charge in [0.2, 0.25) is 17.5 Å². The summed E-state index contributed by atoms with van der Waals surface area (Å²) < 4.78 is 12.2. The van der Waals surface area contributed by atoms with E-state index >= 15 is 0 Å². The van der Waals surface area contributed by atoms with Gasteiger partial charge in [0, 0.05) is 50.2 Å². The summed E-state index contributed by atoms with van der Waals surface area (Å²) in [6.45, 7) is 6.92. The topological polar surface area (TPSA) is 86.3 Å². The van der Waals surface area contributed by atoms with Crippen LogP contribution in [0.25, 0.3) is 0 Å². The Morgan fingerprint density at radius 3 is 2.28 bits per heavy atom. The van der Waals surface area contributed by atoms with Crippen molar-refractivity contribution in [2.75, 3.05) is 13.1 Å². The zero-order chi connectivity index (χ0) is 25.1. The first-order valence-corrected chi connectivity index (χ1v) is 14.5. The van der Waals surface area contributed by atoms with E-state index in [4.69, 9.17) is 19.2 Å². The van der Waals surface area contributed by atoms with Gasteiger partial charge in [-0.05, 0) is 96.3 Å². The fourth-order valence-electron chi connectivity index (χ4n) is 8.38. The quantitative estimate of drug-likeness (QED) is 0.550. The first-order valence-electron chi connectivity index (χ1n) is 14.5. The molecule has 7 rings (SSSR count). The fraction of sp³-hybridized carbons (Fsp3) is 0.929. The average molecular weight is 505 g/mol. The molecule has 0 aromatic heterocycles. The number of nitrogens with one attached hydrogen (secondary N) is 1. The van der Waals surface area contributed by atoms with Crippen LogP contribution in [0.3, 0.4) is 0 Å². The number of rotatable bonds is 3. The summed E-state index contributed by atoms with van der Waals surface area (Å²) in [7, 11) is 0. The van der Waals surface area contributed by atoms with Gasteiger partial charge < -0.3 is 19.7 Å². The van der Waals surface area contributed by atoms with Crippen LogP contribution in [-0.2, 0) is 24.0 Å². The van der Waals surface area contributed by atoms with Crippen molar-refractivity contribution in [1.29, 1.82) is 0 Å². The number of hydrogen-bond acceptors (Lipinski definition) is 6. The van der Waals surface area contributed by atoms with Crippen LogP contribution in [0.15, 0.2) is 0 Å². The number of hydrogen-bond donors (Lipinski definition) is 1. The molecule has 2 aliphatic heterocycles. The molecule has 0 aromatic rings. The third kappa shape index (κ3) is 4.78. The van der Waals surface area contributed by atoms with E-state index in [-0.39, 0.29) is 24.0 Å². The standard InChI is InChI=1S/C28H44N2O6/c1-26(2,3)33-25(32)29-23-6-9-30(10-7-23)24(31)16-18-5-4-8-27(17-18)34-28(36-35-27)21-12-19-11-20(14-21)15-22(28)13-19/h18-23H,4-17H2,1-3H3,(H,29,32)/t18-,19?,20?,21?,22?,27+,28?/m0/s1. The second-order valence-electron chi connectivity index (χ2n) is 13.7. The number of carbonyl (C=O) groups excluding carboxylic acids is 2. The highest BCUT2D eigenvalue weighted by molar-refractivity contribution is 5.76. The van der Waals surface area contributed by atoms with E-state index in [1.807, 2.05) is 25.7 Å². The normalized spacial score (nSPS) is 42.3. The molecular weight excluding hydrogens is 460 g/mol. The van der Waals surface area contributed by atoms with Crippen LogP contribution in [0.1, 0.15) is 97.8 Å². The minimum atomic E-state index is -0.678. The van der Waals surface area contributed by atoms with Crippen LogP contribution in [0.2, 0.25) is 0 Å². The highest BCUT2D eigenvalue weighted by Gasteiger charge is 2.67. The molecule has 8 nitrogen and oxygen atoms in total. The highest BCUT2D eigenvalue weighted by atomic mass is 17.3. The van der Waals surface area contributed by atoms with Gasteiger partial charge in [-0.25, -0.2) is 4.79 Å². The molecule has 36 heavy (non-hydrogen) atoms. The molecule has 7 aliphatic rings. The highest BCUT2D eigenvalue weighted by Crippen LogP contribution is 2.64. The van der Waals surface area contributed by atoms with Crippen molar-refractivity contribution in [3.8, 4) is 0 Å². The molecule has 0 unspecified atom stereocenters. The van der Waals surface area contributed by atoms with Crippen molar-refractivity contribution in [1.82, 2.24) is 10.2 Å². The number of piperidine rings is 1. The first kappa shape index (κ1) is 24.9. The number of nitrogens with zero attached hydrogens (tertiary/aromatic N) is 1. The smallest absolute Gasteiger partial charge is 0.407 e. The summed E-state index contributed by atoms with van der Waals surface area (Å²) in [4.78, 5) is 39.5. The van der Waals surface area contributed by atoms with Crippen LogP contribution in [0.5, 0.6) is 0 Å². The summed E-state index contributed by atoms with van der Waals surface area (Å²) in [5, 5.41) is 2.95. The molecule has 1 N–H and O–H groups in total. The Morgan fingerprint density at radius 2 is 1.64 bits per heavy atom. The lowest BCUT2D eigenvalue weighted by Crippen LogP contribution is -2.59. The monoisotopic (exact) mass is 504 g/mol. The second-order valence-corrected chi connectivity index (χ2v) is 13.7. The Morgan fingerprint density at radius 1 is 0.972 bits per heavy atom. The van der Waals surface area contributed by atoms with Crippen molar-refractivity contribution in [2.45, 2.75) is 121 Å². The van der Waals surface area contributed by atoms with E-state index in [0.29, 0.717) is 31.3 Å². The van der Waals surface area contributed by atoms with Crippen molar-refractivity contribution < 1.29 is 28.8 Å². The predicted octanol–water partition coefficient (Wildman–Crippen LogP) is 4.91. The van der Waals surface area contributed by atoms with Crippen molar-refractivity contribution in [3.05, 3.63) is 0 Å². The van der Waals surface area contributed by atoms with Crippen LogP contribution in [0, 0.1) is 29.6 Å². The minimum absolute atomic E-state index is 0.0523. The zero-order valence-corrected chi connectivity index (χ0v) is 22.3. The Balaban J connectivity index is 1.00. The maximum atomic E-state index is 13.2. The average Bonchev–Trinajstić information content (AvgIpc) is 3.15. The largest absolute Gasteiger partial charge is 0.444 e. The number of likely N-dealkylation sites (tertiary alicyclic amines) is 1. The fourth-order valence-corrected chi connectivity index (χ4v) is 8.38. The Hall–Kier alpha value is -1.38. The van der Waals surface area contributed by atoms with Gasteiger partial charge >= 0.3 is 6.09 Å². The van der Waals surface area contributed by atoms with E-state index in [1.54, 1.807) is 0 Å². The van der Waals surface area contributed by atoms with Crippen molar-refractivity contribution in [3.63, 3.8) is 0 Å². The molecule has 2 saturated heterocycles. The summed E-state index contributed by atoms with van der Waals surface area (Å²) >= 11 is 0. The van der Waals surface area contributed by atoms with Crippen LogP contribution < -0.4 is 5.32 Å². The van der Waals surface area contributed by atoms with E-state index < -0.39 is 17.2 Å². The van der Waals surface area contributed by atoms with Crippen LogP contribution >= 0.6 is 0 Å². The molecule has 2 atom stereocenters.